The van der Waals surface area contributed by atoms with E-state index >= 15 is 0 Å². The maximum Gasteiger partial charge on any atom is 0.230 e. The monoisotopic (exact) mass is 288 g/mol. The molecule has 1 unspecified atom stereocenters. The molecule has 1 rings (SSSR count). The highest BCUT2D eigenvalue weighted by atomic mass is 32.2. The number of hydrogen-bond acceptors (Lipinski definition) is 3. The molecule has 0 aliphatic rings. The number of carbonyl (C=O) groups excluding carboxylic acids is 2. The van der Waals surface area contributed by atoms with E-state index in [1.54, 1.807) is 6.92 Å². The van der Waals surface area contributed by atoms with Gasteiger partial charge in [0, 0.05) is 0 Å². The maximum absolute atomic E-state index is 13.0. The molecular weight excluding hydrogens is 274 g/mol. The van der Waals surface area contributed by atoms with E-state index in [0.29, 0.717) is 5.56 Å². The van der Waals surface area contributed by atoms with Crippen LogP contribution < -0.4 is 11.1 Å². The molecule has 0 aliphatic heterocycles. The van der Waals surface area contributed by atoms with Crippen LogP contribution in [0.3, 0.4) is 0 Å². The zero-order valence-electron chi connectivity index (χ0n) is 10.3. The summed E-state index contributed by atoms with van der Waals surface area (Å²) in [7, 11) is 0. The molecular formula is C12H14F2N2O2S. The number of benzene rings is 1. The van der Waals surface area contributed by atoms with Crippen LogP contribution in [0.25, 0.3) is 0 Å². The number of amides is 2. The van der Waals surface area contributed by atoms with E-state index in [0.717, 1.165) is 23.9 Å². The molecule has 0 saturated heterocycles. The van der Waals surface area contributed by atoms with Gasteiger partial charge in [0.25, 0.3) is 0 Å². The third kappa shape index (κ3) is 5.25. The Morgan fingerprint density at radius 2 is 2.00 bits per heavy atom. The molecule has 1 aromatic rings. The number of carbonyl (C=O) groups is 2. The fraction of sp³-hybridized carbons (Fsp3) is 0.333. The second-order valence-corrected chi connectivity index (χ2v) is 4.91. The molecule has 104 valence electrons. The molecule has 0 heterocycles. The van der Waals surface area contributed by atoms with Crippen molar-refractivity contribution < 1.29 is 18.4 Å². The highest BCUT2D eigenvalue weighted by molar-refractivity contribution is 8.00. The Bertz CT molecular complexity index is 483. The van der Waals surface area contributed by atoms with E-state index in [4.69, 9.17) is 5.73 Å². The van der Waals surface area contributed by atoms with Gasteiger partial charge in [-0.1, -0.05) is 6.07 Å². The summed E-state index contributed by atoms with van der Waals surface area (Å²) < 4.78 is 25.8. The lowest BCUT2D eigenvalue weighted by atomic mass is 10.1. The van der Waals surface area contributed by atoms with Crippen molar-refractivity contribution in [1.29, 1.82) is 0 Å². The molecule has 3 N–H and O–H groups in total. The molecule has 0 saturated carbocycles. The molecule has 2 amide bonds. The Labute approximate surface area is 113 Å². The predicted octanol–water partition coefficient (Wildman–Crippen LogP) is 1.36. The van der Waals surface area contributed by atoms with Crippen LogP contribution in [0.1, 0.15) is 18.5 Å². The molecule has 19 heavy (non-hydrogen) atoms. The summed E-state index contributed by atoms with van der Waals surface area (Å²) in [5.74, 6) is -2.54. The quantitative estimate of drug-likeness (QED) is 0.830. The highest BCUT2D eigenvalue weighted by Gasteiger charge is 2.12. The first-order valence-corrected chi connectivity index (χ1v) is 6.66. The Morgan fingerprint density at radius 1 is 1.32 bits per heavy atom. The third-order valence-corrected chi connectivity index (χ3v) is 3.25. The maximum atomic E-state index is 13.0. The number of hydrogen-bond donors (Lipinski definition) is 2. The van der Waals surface area contributed by atoms with Gasteiger partial charge in [-0.25, -0.2) is 8.78 Å². The minimum absolute atomic E-state index is 0.0625. The van der Waals surface area contributed by atoms with E-state index in [9.17, 15) is 18.4 Å². The fourth-order valence-electron chi connectivity index (χ4n) is 1.39. The van der Waals surface area contributed by atoms with Gasteiger partial charge in [0.2, 0.25) is 11.8 Å². The zero-order valence-corrected chi connectivity index (χ0v) is 11.1. The molecule has 7 heteroatoms. The zero-order chi connectivity index (χ0) is 14.4. The summed E-state index contributed by atoms with van der Waals surface area (Å²) in [6.45, 7) is 1.66. The standard InChI is InChI=1S/C12H14F2N2O2S/c1-7(8-2-3-9(13)10(14)4-8)16-12(18)6-19-5-11(15)17/h2-4,7H,5-6H2,1H3,(H2,15,17)(H,16,18). The largest absolute Gasteiger partial charge is 0.369 e. The summed E-state index contributed by atoms with van der Waals surface area (Å²) in [5, 5.41) is 2.62. The average Bonchev–Trinajstić information content (AvgIpc) is 2.32. The first-order chi connectivity index (χ1) is 8.90. The average molecular weight is 288 g/mol. The summed E-state index contributed by atoms with van der Waals surface area (Å²) in [5.41, 5.74) is 5.40. The third-order valence-electron chi connectivity index (χ3n) is 2.30. The molecule has 0 spiro atoms. The fourth-order valence-corrected chi connectivity index (χ4v) is 1.96. The van der Waals surface area contributed by atoms with Crippen LogP contribution in [-0.2, 0) is 9.59 Å². The molecule has 1 aromatic carbocycles. The first kappa shape index (κ1) is 15.4. The van der Waals surface area contributed by atoms with Crippen molar-refractivity contribution in [1.82, 2.24) is 5.32 Å². The summed E-state index contributed by atoms with van der Waals surface area (Å²) in [6.07, 6.45) is 0. The van der Waals surface area contributed by atoms with Gasteiger partial charge >= 0.3 is 0 Å². The summed E-state index contributed by atoms with van der Waals surface area (Å²) >= 11 is 1.09. The van der Waals surface area contributed by atoms with Crippen molar-refractivity contribution in [3.8, 4) is 0 Å². The van der Waals surface area contributed by atoms with Gasteiger partial charge in [-0.3, -0.25) is 9.59 Å². The number of halogens is 2. The van der Waals surface area contributed by atoms with E-state index in [2.05, 4.69) is 5.32 Å². The minimum Gasteiger partial charge on any atom is -0.369 e. The highest BCUT2D eigenvalue weighted by Crippen LogP contribution is 2.16. The number of nitrogens with two attached hydrogens (primary N) is 1. The number of primary amides is 1. The SMILES string of the molecule is CC(NC(=O)CSCC(N)=O)c1ccc(F)c(F)c1. The van der Waals surface area contributed by atoms with Gasteiger partial charge in [0.05, 0.1) is 17.5 Å². The van der Waals surface area contributed by atoms with Crippen molar-refractivity contribution in [3.05, 3.63) is 35.4 Å². The molecule has 0 aliphatic carbocycles. The topological polar surface area (TPSA) is 72.2 Å². The lowest BCUT2D eigenvalue weighted by Gasteiger charge is -2.14. The van der Waals surface area contributed by atoms with Crippen molar-refractivity contribution in [2.24, 2.45) is 5.73 Å². The van der Waals surface area contributed by atoms with E-state index < -0.39 is 23.6 Å². The molecule has 1 atom stereocenters. The molecule has 4 nitrogen and oxygen atoms in total. The van der Waals surface area contributed by atoms with Crippen LogP contribution in [0.4, 0.5) is 8.78 Å². The normalized spacial score (nSPS) is 11.9. The van der Waals surface area contributed by atoms with Crippen LogP contribution in [0.15, 0.2) is 18.2 Å². The Kier molecular flexibility index (Phi) is 5.75. The van der Waals surface area contributed by atoms with Crippen LogP contribution in [0.5, 0.6) is 0 Å². The molecule has 0 bridgehead atoms. The molecule has 0 fully saturated rings. The number of thioether (sulfide) groups is 1. The van der Waals surface area contributed by atoms with Gasteiger partial charge in [-0.15, -0.1) is 11.8 Å². The molecule has 0 radical (unpaired) electrons. The van der Waals surface area contributed by atoms with Gasteiger partial charge in [-0.05, 0) is 24.6 Å². The first-order valence-electron chi connectivity index (χ1n) is 5.50. The minimum atomic E-state index is -0.957. The van der Waals surface area contributed by atoms with Gasteiger partial charge in [-0.2, -0.15) is 0 Å². The number of rotatable bonds is 6. The second kappa shape index (κ2) is 7.08. The predicted molar refractivity (Wildman–Crippen MR) is 69.4 cm³/mol. The van der Waals surface area contributed by atoms with Crippen molar-refractivity contribution >= 4 is 23.6 Å². The Morgan fingerprint density at radius 3 is 2.58 bits per heavy atom. The Balaban J connectivity index is 2.49. The van der Waals surface area contributed by atoms with Crippen LogP contribution in [-0.4, -0.2) is 23.3 Å². The van der Waals surface area contributed by atoms with E-state index in [1.165, 1.54) is 6.07 Å². The van der Waals surface area contributed by atoms with E-state index in [1.807, 2.05) is 0 Å². The Hall–Kier alpha value is -1.63. The summed E-state index contributed by atoms with van der Waals surface area (Å²) in [6, 6.07) is 3.00. The smallest absolute Gasteiger partial charge is 0.230 e. The number of nitrogens with one attached hydrogen (secondary N) is 1. The van der Waals surface area contributed by atoms with Crippen molar-refractivity contribution in [3.63, 3.8) is 0 Å². The van der Waals surface area contributed by atoms with Crippen molar-refractivity contribution in [2.75, 3.05) is 11.5 Å². The van der Waals surface area contributed by atoms with Crippen LogP contribution in [0, 0.1) is 11.6 Å². The lowest BCUT2D eigenvalue weighted by Crippen LogP contribution is -2.29. The van der Waals surface area contributed by atoms with E-state index in [-0.39, 0.29) is 17.4 Å². The summed E-state index contributed by atoms with van der Waals surface area (Å²) in [4.78, 5) is 22.0. The van der Waals surface area contributed by atoms with Crippen LogP contribution in [0.2, 0.25) is 0 Å². The van der Waals surface area contributed by atoms with Gasteiger partial charge in [0.15, 0.2) is 11.6 Å². The van der Waals surface area contributed by atoms with Gasteiger partial charge in [0.1, 0.15) is 0 Å². The van der Waals surface area contributed by atoms with Crippen molar-refractivity contribution in [2.45, 2.75) is 13.0 Å². The van der Waals surface area contributed by atoms with Crippen LogP contribution >= 0.6 is 11.8 Å². The lowest BCUT2D eigenvalue weighted by molar-refractivity contribution is -0.119. The second-order valence-electron chi connectivity index (χ2n) is 3.92. The molecule has 0 aromatic heterocycles. The van der Waals surface area contributed by atoms with Gasteiger partial charge < -0.3 is 11.1 Å².